The Hall–Kier alpha value is -2.19. The van der Waals surface area contributed by atoms with Gasteiger partial charge in [-0.25, -0.2) is 8.42 Å². The Morgan fingerprint density at radius 3 is 2.92 bits per heavy atom. The number of nitrogens with one attached hydrogen (secondary N) is 1. The number of carbonyl (C=O) groups excluding carboxylic acids is 1. The molecular formula is C18H24N4O3S. The lowest BCUT2D eigenvalue weighted by Gasteiger charge is -2.40. The van der Waals surface area contributed by atoms with E-state index >= 15 is 0 Å². The lowest BCUT2D eigenvalue weighted by Crippen LogP contribution is -2.54. The molecule has 1 unspecified atom stereocenters. The zero-order chi connectivity index (χ0) is 18.6. The molecule has 1 atom stereocenters. The van der Waals surface area contributed by atoms with Gasteiger partial charge in [-0.15, -0.1) is 0 Å². The van der Waals surface area contributed by atoms with Gasteiger partial charge in [-0.05, 0) is 25.5 Å². The van der Waals surface area contributed by atoms with Gasteiger partial charge >= 0.3 is 0 Å². The van der Waals surface area contributed by atoms with Crippen LogP contribution >= 0.6 is 0 Å². The number of carbonyl (C=O) groups is 1. The van der Waals surface area contributed by atoms with Gasteiger partial charge in [0.05, 0.1) is 5.75 Å². The van der Waals surface area contributed by atoms with Crippen LogP contribution in [0.25, 0.3) is 10.8 Å². The second-order valence-electron chi connectivity index (χ2n) is 6.52. The average molecular weight is 376 g/mol. The zero-order valence-electron chi connectivity index (χ0n) is 14.8. The largest absolute Gasteiger partial charge is 0.368 e. The van der Waals surface area contributed by atoms with Gasteiger partial charge in [-0.3, -0.25) is 9.78 Å². The number of hydrogen-bond acceptors (Lipinski definition) is 5. The molecule has 1 amide bonds. The summed E-state index contributed by atoms with van der Waals surface area (Å²) in [4.78, 5) is 16.7. The van der Waals surface area contributed by atoms with E-state index in [1.165, 1.54) is 0 Å². The highest BCUT2D eigenvalue weighted by Crippen LogP contribution is 2.28. The maximum Gasteiger partial charge on any atom is 0.214 e. The van der Waals surface area contributed by atoms with E-state index in [-0.39, 0.29) is 11.8 Å². The summed E-state index contributed by atoms with van der Waals surface area (Å²) in [5.41, 5.74) is 1.11. The van der Waals surface area contributed by atoms with Crippen molar-refractivity contribution in [1.82, 2.24) is 14.6 Å². The van der Waals surface area contributed by atoms with Crippen molar-refractivity contribution in [3.05, 3.63) is 36.7 Å². The SMILES string of the molecule is CC1CN(c2cccc3cnccc23)CCN1S(=O)(=O)CCCNC=O. The number of amides is 1. The second kappa shape index (κ2) is 8.01. The Labute approximate surface area is 154 Å². The molecule has 7 nitrogen and oxygen atoms in total. The Morgan fingerprint density at radius 2 is 2.15 bits per heavy atom. The first-order valence-electron chi connectivity index (χ1n) is 8.77. The molecule has 2 heterocycles. The molecule has 140 valence electrons. The van der Waals surface area contributed by atoms with Crippen molar-refractivity contribution in [2.24, 2.45) is 0 Å². The summed E-state index contributed by atoms with van der Waals surface area (Å²) in [5.74, 6) is 0.0537. The van der Waals surface area contributed by atoms with Crippen molar-refractivity contribution in [1.29, 1.82) is 0 Å². The van der Waals surface area contributed by atoms with Crippen molar-refractivity contribution in [3.63, 3.8) is 0 Å². The molecule has 3 rings (SSSR count). The number of fused-ring (bicyclic) bond motifs is 1. The smallest absolute Gasteiger partial charge is 0.214 e. The number of rotatable bonds is 7. The third-order valence-electron chi connectivity index (χ3n) is 4.73. The number of aromatic nitrogens is 1. The van der Waals surface area contributed by atoms with Crippen LogP contribution in [0.1, 0.15) is 13.3 Å². The van der Waals surface area contributed by atoms with Crippen LogP contribution in [0.3, 0.4) is 0 Å². The van der Waals surface area contributed by atoms with Crippen LogP contribution in [0.2, 0.25) is 0 Å². The Balaban J connectivity index is 1.71. The molecule has 2 aromatic rings. The van der Waals surface area contributed by atoms with E-state index in [0.717, 1.165) is 16.5 Å². The molecule has 1 saturated heterocycles. The maximum atomic E-state index is 12.6. The maximum absolute atomic E-state index is 12.6. The average Bonchev–Trinajstić information content (AvgIpc) is 2.64. The molecular weight excluding hydrogens is 352 g/mol. The first-order chi connectivity index (χ1) is 12.5. The molecule has 1 aliphatic rings. The van der Waals surface area contributed by atoms with Gasteiger partial charge in [0.1, 0.15) is 0 Å². The van der Waals surface area contributed by atoms with Gasteiger partial charge < -0.3 is 10.2 Å². The van der Waals surface area contributed by atoms with E-state index in [0.29, 0.717) is 39.0 Å². The number of sulfonamides is 1. The molecule has 26 heavy (non-hydrogen) atoms. The topological polar surface area (TPSA) is 82.6 Å². The van der Waals surface area contributed by atoms with Crippen LogP contribution in [0, 0.1) is 0 Å². The van der Waals surface area contributed by atoms with Crippen molar-refractivity contribution >= 4 is 32.9 Å². The fraction of sp³-hybridized carbons (Fsp3) is 0.444. The highest BCUT2D eigenvalue weighted by Gasteiger charge is 2.32. The zero-order valence-corrected chi connectivity index (χ0v) is 15.7. The second-order valence-corrected chi connectivity index (χ2v) is 8.56. The normalized spacial score (nSPS) is 18.8. The van der Waals surface area contributed by atoms with E-state index in [9.17, 15) is 13.2 Å². The minimum Gasteiger partial charge on any atom is -0.368 e. The van der Waals surface area contributed by atoms with Crippen LogP contribution in [-0.2, 0) is 14.8 Å². The summed E-state index contributed by atoms with van der Waals surface area (Å²) in [6.07, 6.45) is 4.64. The van der Waals surface area contributed by atoms with Gasteiger partial charge in [-0.2, -0.15) is 4.31 Å². The van der Waals surface area contributed by atoms with Gasteiger partial charge in [0.2, 0.25) is 16.4 Å². The summed E-state index contributed by atoms with van der Waals surface area (Å²) in [6, 6.07) is 8.00. The van der Waals surface area contributed by atoms with Crippen molar-refractivity contribution < 1.29 is 13.2 Å². The third-order valence-corrected chi connectivity index (χ3v) is 6.79. The molecule has 0 saturated carbocycles. The minimum absolute atomic E-state index is 0.0537. The van der Waals surface area contributed by atoms with Gasteiger partial charge in [-0.1, -0.05) is 12.1 Å². The van der Waals surface area contributed by atoms with E-state index in [2.05, 4.69) is 21.3 Å². The molecule has 0 bridgehead atoms. The van der Waals surface area contributed by atoms with Crippen molar-refractivity contribution in [2.75, 3.05) is 36.8 Å². The highest BCUT2D eigenvalue weighted by molar-refractivity contribution is 7.89. The molecule has 0 spiro atoms. The number of benzene rings is 1. The fourth-order valence-corrected chi connectivity index (χ4v) is 5.21. The van der Waals surface area contributed by atoms with E-state index in [1.54, 1.807) is 10.5 Å². The van der Waals surface area contributed by atoms with E-state index < -0.39 is 10.0 Å². The third kappa shape index (κ3) is 3.96. The Kier molecular flexibility index (Phi) is 5.73. The van der Waals surface area contributed by atoms with Crippen LogP contribution in [0.4, 0.5) is 5.69 Å². The van der Waals surface area contributed by atoms with Crippen LogP contribution < -0.4 is 10.2 Å². The van der Waals surface area contributed by atoms with Crippen molar-refractivity contribution in [3.8, 4) is 0 Å². The van der Waals surface area contributed by atoms with Crippen LogP contribution in [-0.4, -0.2) is 62.1 Å². The predicted molar refractivity (Wildman–Crippen MR) is 103 cm³/mol. The summed E-state index contributed by atoms with van der Waals surface area (Å²) in [7, 11) is -3.32. The summed E-state index contributed by atoms with van der Waals surface area (Å²) >= 11 is 0. The van der Waals surface area contributed by atoms with Crippen LogP contribution in [0.5, 0.6) is 0 Å². The fourth-order valence-electron chi connectivity index (χ4n) is 3.49. The number of nitrogens with zero attached hydrogens (tertiary/aromatic N) is 3. The molecule has 8 heteroatoms. The van der Waals surface area contributed by atoms with Crippen molar-refractivity contribution in [2.45, 2.75) is 19.4 Å². The molecule has 1 aromatic heterocycles. The first kappa shape index (κ1) is 18.6. The predicted octanol–water partition coefficient (Wildman–Crippen LogP) is 1.21. The number of anilines is 1. The summed E-state index contributed by atoms with van der Waals surface area (Å²) in [5, 5.41) is 4.71. The van der Waals surface area contributed by atoms with E-state index in [4.69, 9.17) is 0 Å². The lowest BCUT2D eigenvalue weighted by atomic mass is 10.1. The summed E-state index contributed by atoms with van der Waals surface area (Å²) in [6.45, 7) is 4.08. The number of piperazine rings is 1. The molecule has 1 aromatic carbocycles. The van der Waals surface area contributed by atoms with Gasteiger partial charge in [0.15, 0.2) is 0 Å². The molecule has 0 radical (unpaired) electrons. The Bertz CT molecular complexity index is 866. The van der Waals surface area contributed by atoms with Gasteiger partial charge in [0.25, 0.3) is 0 Å². The molecule has 1 fully saturated rings. The van der Waals surface area contributed by atoms with Gasteiger partial charge in [0, 0.05) is 61.1 Å². The standard InChI is InChI=1S/C18H24N4O3S/c1-15-13-21(18-5-2-4-16-12-19-8-6-17(16)18)9-10-22(15)26(24,25)11-3-7-20-14-23/h2,4-6,8,12,14-15H,3,7,9-11,13H2,1H3,(H,20,23). The first-order valence-corrected chi connectivity index (χ1v) is 10.4. The minimum atomic E-state index is -3.32. The molecule has 1 N–H and O–H groups in total. The Morgan fingerprint density at radius 1 is 1.31 bits per heavy atom. The monoisotopic (exact) mass is 376 g/mol. The highest BCUT2D eigenvalue weighted by atomic mass is 32.2. The summed E-state index contributed by atoms with van der Waals surface area (Å²) < 4.78 is 26.8. The van der Waals surface area contributed by atoms with Crippen LogP contribution in [0.15, 0.2) is 36.7 Å². The molecule has 1 aliphatic heterocycles. The lowest BCUT2D eigenvalue weighted by molar-refractivity contribution is -0.109. The quantitative estimate of drug-likeness (QED) is 0.580. The molecule has 0 aliphatic carbocycles. The van der Waals surface area contributed by atoms with E-state index in [1.807, 2.05) is 31.3 Å². The number of hydrogen-bond donors (Lipinski definition) is 1. The number of pyridine rings is 1.